The summed E-state index contributed by atoms with van der Waals surface area (Å²) >= 11 is 11.9. The molecule has 0 aliphatic rings. The average molecular weight is 360 g/mol. The summed E-state index contributed by atoms with van der Waals surface area (Å²) in [7, 11) is -3.71. The highest BCUT2D eigenvalue weighted by Crippen LogP contribution is 2.27. The van der Waals surface area contributed by atoms with Gasteiger partial charge in [0.25, 0.3) is 0 Å². The number of aryl methyl sites for hydroxylation is 1. The summed E-state index contributed by atoms with van der Waals surface area (Å²) in [6.07, 6.45) is 0. The van der Waals surface area contributed by atoms with Crippen molar-refractivity contribution in [1.82, 2.24) is 4.72 Å². The average Bonchev–Trinajstić information content (AvgIpc) is 2.48. The lowest BCUT2D eigenvalue weighted by atomic mass is 10.2. The number of para-hydroxylation sites is 1. The highest BCUT2D eigenvalue weighted by molar-refractivity contribution is 7.89. The van der Waals surface area contributed by atoms with Crippen molar-refractivity contribution >= 4 is 33.2 Å². The van der Waals surface area contributed by atoms with E-state index in [-0.39, 0.29) is 23.1 Å². The van der Waals surface area contributed by atoms with Gasteiger partial charge in [-0.15, -0.1) is 0 Å². The minimum absolute atomic E-state index is 0.00998. The molecule has 0 bridgehead atoms. The lowest BCUT2D eigenvalue weighted by Gasteiger charge is -2.11. The zero-order chi connectivity index (χ0) is 16.2. The molecular formula is C15H15Cl2NO3S. The van der Waals surface area contributed by atoms with Crippen LogP contribution in [0.3, 0.4) is 0 Å². The molecule has 118 valence electrons. The maximum absolute atomic E-state index is 12.2. The van der Waals surface area contributed by atoms with E-state index in [0.717, 1.165) is 0 Å². The molecule has 2 aromatic rings. The maximum atomic E-state index is 12.2. The van der Waals surface area contributed by atoms with Crippen LogP contribution in [-0.2, 0) is 10.0 Å². The summed E-state index contributed by atoms with van der Waals surface area (Å²) in [6.45, 7) is 2.07. The predicted molar refractivity (Wildman–Crippen MR) is 88.3 cm³/mol. The summed E-state index contributed by atoms with van der Waals surface area (Å²) in [6, 6.07) is 12.0. The van der Waals surface area contributed by atoms with Gasteiger partial charge in [0.1, 0.15) is 17.3 Å². The molecule has 0 atom stereocenters. The Bertz CT molecular complexity index is 749. The monoisotopic (exact) mass is 359 g/mol. The number of ether oxygens (including phenoxy) is 1. The summed E-state index contributed by atoms with van der Waals surface area (Å²) in [5.41, 5.74) is 0.645. The standard InChI is InChI=1S/C15H15Cl2NO3S/c1-11-9-15(14(17)10-13(11)16)22(19,20)18-7-8-21-12-5-3-2-4-6-12/h2-6,9-10,18H,7-8H2,1H3. The zero-order valence-corrected chi connectivity index (χ0v) is 14.2. The fourth-order valence-corrected chi connectivity index (χ4v) is 3.62. The van der Waals surface area contributed by atoms with Gasteiger partial charge in [0.2, 0.25) is 10.0 Å². The molecule has 0 aliphatic heterocycles. The van der Waals surface area contributed by atoms with E-state index in [9.17, 15) is 8.42 Å². The van der Waals surface area contributed by atoms with E-state index in [1.807, 2.05) is 18.2 Å². The van der Waals surface area contributed by atoms with Gasteiger partial charge in [-0.2, -0.15) is 0 Å². The van der Waals surface area contributed by atoms with Gasteiger partial charge in [-0.05, 0) is 36.8 Å². The normalized spacial score (nSPS) is 11.4. The number of hydrogen-bond acceptors (Lipinski definition) is 3. The van der Waals surface area contributed by atoms with Gasteiger partial charge >= 0.3 is 0 Å². The van der Waals surface area contributed by atoms with Gasteiger partial charge < -0.3 is 4.74 Å². The molecule has 0 saturated heterocycles. The molecule has 0 aromatic heterocycles. The molecule has 0 aliphatic carbocycles. The lowest BCUT2D eigenvalue weighted by Crippen LogP contribution is -2.28. The molecule has 1 N–H and O–H groups in total. The molecule has 0 fully saturated rings. The molecule has 0 saturated carbocycles. The Kier molecular flexibility index (Phi) is 5.69. The van der Waals surface area contributed by atoms with Crippen molar-refractivity contribution in [3.05, 3.63) is 58.1 Å². The van der Waals surface area contributed by atoms with E-state index in [1.165, 1.54) is 12.1 Å². The third-order valence-electron chi connectivity index (χ3n) is 2.91. The Morgan fingerprint density at radius 3 is 2.45 bits per heavy atom. The number of hydrogen-bond donors (Lipinski definition) is 1. The van der Waals surface area contributed by atoms with Gasteiger partial charge in [0.15, 0.2) is 0 Å². The molecule has 7 heteroatoms. The summed E-state index contributed by atoms with van der Waals surface area (Å²) < 4.78 is 32.3. The van der Waals surface area contributed by atoms with E-state index >= 15 is 0 Å². The van der Waals surface area contributed by atoms with Crippen LogP contribution in [0.2, 0.25) is 10.0 Å². The molecule has 0 radical (unpaired) electrons. The van der Waals surface area contributed by atoms with E-state index in [2.05, 4.69) is 4.72 Å². The van der Waals surface area contributed by atoms with Crippen LogP contribution in [0.4, 0.5) is 0 Å². The minimum atomic E-state index is -3.71. The summed E-state index contributed by atoms with van der Waals surface area (Å²) in [5, 5.41) is 0.517. The molecular weight excluding hydrogens is 345 g/mol. The fraction of sp³-hybridized carbons (Fsp3) is 0.200. The largest absolute Gasteiger partial charge is 0.492 e. The molecule has 22 heavy (non-hydrogen) atoms. The fourth-order valence-electron chi connectivity index (χ4n) is 1.78. The molecule has 0 spiro atoms. The molecule has 4 nitrogen and oxygen atoms in total. The minimum Gasteiger partial charge on any atom is -0.492 e. The summed E-state index contributed by atoms with van der Waals surface area (Å²) in [4.78, 5) is 0.00998. The molecule has 0 amide bonds. The van der Waals surface area contributed by atoms with Crippen LogP contribution in [0.15, 0.2) is 47.4 Å². The van der Waals surface area contributed by atoms with Crippen molar-refractivity contribution in [2.24, 2.45) is 0 Å². The van der Waals surface area contributed by atoms with Crippen molar-refractivity contribution in [3.8, 4) is 5.75 Å². The number of nitrogens with one attached hydrogen (secondary N) is 1. The molecule has 2 rings (SSSR count). The van der Waals surface area contributed by atoms with Gasteiger partial charge in [-0.25, -0.2) is 13.1 Å². The van der Waals surface area contributed by atoms with Gasteiger partial charge in [-0.3, -0.25) is 0 Å². The first kappa shape index (κ1) is 17.1. The maximum Gasteiger partial charge on any atom is 0.242 e. The highest BCUT2D eigenvalue weighted by atomic mass is 35.5. The smallest absolute Gasteiger partial charge is 0.242 e. The number of benzene rings is 2. The first-order valence-electron chi connectivity index (χ1n) is 6.53. The van der Waals surface area contributed by atoms with Crippen LogP contribution in [-0.4, -0.2) is 21.6 Å². The third kappa shape index (κ3) is 4.36. The predicted octanol–water partition coefficient (Wildman–Crippen LogP) is 3.66. The van der Waals surface area contributed by atoms with Crippen molar-refractivity contribution in [1.29, 1.82) is 0 Å². The SMILES string of the molecule is Cc1cc(S(=O)(=O)NCCOc2ccccc2)c(Cl)cc1Cl. The number of halogens is 2. The van der Waals surface area contributed by atoms with E-state index < -0.39 is 10.0 Å². The van der Waals surface area contributed by atoms with Gasteiger partial charge in [-0.1, -0.05) is 41.4 Å². The Morgan fingerprint density at radius 1 is 1.09 bits per heavy atom. The second-order valence-electron chi connectivity index (χ2n) is 4.59. The topological polar surface area (TPSA) is 55.4 Å². The van der Waals surface area contributed by atoms with Crippen molar-refractivity contribution in [2.75, 3.05) is 13.2 Å². The second kappa shape index (κ2) is 7.33. The number of rotatable bonds is 6. The van der Waals surface area contributed by atoms with Crippen LogP contribution < -0.4 is 9.46 Å². The molecule has 0 heterocycles. The second-order valence-corrected chi connectivity index (χ2v) is 7.14. The summed E-state index contributed by atoms with van der Waals surface area (Å²) in [5.74, 6) is 0.682. The molecule has 0 unspecified atom stereocenters. The van der Waals surface area contributed by atoms with Crippen LogP contribution in [0.25, 0.3) is 0 Å². The molecule has 2 aromatic carbocycles. The zero-order valence-electron chi connectivity index (χ0n) is 11.8. The Balaban J connectivity index is 1.98. The van der Waals surface area contributed by atoms with Gasteiger partial charge in [0, 0.05) is 11.6 Å². The van der Waals surface area contributed by atoms with Crippen molar-refractivity contribution in [3.63, 3.8) is 0 Å². The van der Waals surface area contributed by atoms with E-state index in [0.29, 0.717) is 16.3 Å². The first-order chi connectivity index (χ1) is 10.4. The van der Waals surface area contributed by atoms with E-state index in [1.54, 1.807) is 19.1 Å². The van der Waals surface area contributed by atoms with Crippen LogP contribution in [0, 0.1) is 6.92 Å². The quantitative estimate of drug-likeness (QED) is 0.800. The van der Waals surface area contributed by atoms with E-state index in [4.69, 9.17) is 27.9 Å². The highest BCUT2D eigenvalue weighted by Gasteiger charge is 2.18. The lowest BCUT2D eigenvalue weighted by molar-refractivity contribution is 0.323. The van der Waals surface area contributed by atoms with Crippen molar-refractivity contribution in [2.45, 2.75) is 11.8 Å². The Labute approximate surface area is 140 Å². The number of sulfonamides is 1. The Hall–Kier alpha value is -1.27. The first-order valence-corrected chi connectivity index (χ1v) is 8.77. The van der Waals surface area contributed by atoms with Crippen LogP contribution in [0.1, 0.15) is 5.56 Å². The third-order valence-corrected chi connectivity index (χ3v) is 5.24. The van der Waals surface area contributed by atoms with Crippen LogP contribution in [0.5, 0.6) is 5.75 Å². The van der Waals surface area contributed by atoms with Crippen LogP contribution >= 0.6 is 23.2 Å². The Morgan fingerprint density at radius 2 is 1.77 bits per heavy atom. The van der Waals surface area contributed by atoms with Gasteiger partial charge in [0.05, 0.1) is 5.02 Å². The van der Waals surface area contributed by atoms with Crippen molar-refractivity contribution < 1.29 is 13.2 Å².